The molecular weight excluding hydrogens is 232 g/mol. The van der Waals surface area contributed by atoms with Crippen molar-refractivity contribution in [1.82, 2.24) is 0 Å². The van der Waals surface area contributed by atoms with Crippen LogP contribution in [0.25, 0.3) is 0 Å². The van der Waals surface area contributed by atoms with Gasteiger partial charge in [0.2, 0.25) is 0 Å². The second-order valence-corrected chi connectivity index (χ2v) is 3.55. The van der Waals surface area contributed by atoms with Gasteiger partial charge in [-0.05, 0) is 12.1 Å². The van der Waals surface area contributed by atoms with E-state index in [2.05, 4.69) is 15.9 Å². The Labute approximate surface area is 86.2 Å². The molecule has 1 atom stereocenters. The monoisotopic (exact) mass is 244 g/mol. The first-order chi connectivity index (χ1) is 6.20. The lowest BCUT2D eigenvalue weighted by molar-refractivity contribution is 0.405. The summed E-state index contributed by atoms with van der Waals surface area (Å²) in [5.74, 6) is 0.771. The smallest absolute Gasteiger partial charge is 0.124 e. The lowest BCUT2D eigenvalue weighted by atomic mass is 10.1. The van der Waals surface area contributed by atoms with Crippen LogP contribution in [0.4, 0.5) is 0 Å². The average Bonchev–Trinajstić information content (AvgIpc) is 2.16. The summed E-state index contributed by atoms with van der Waals surface area (Å²) >= 11 is 3.41. The highest BCUT2D eigenvalue weighted by Gasteiger charge is 2.13. The molecule has 0 aliphatic rings. The minimum atomic E-state index is -0.189. The van der Waals surface area contributed by atoms with E-state index in [4.69, 9.17) is 16.2 Å². The first-order valence-corrected chi connectivity index (χ1v) is 4.78. The van der Waals surface area contributed by atoms with Gasteiger partial charge in [-0.1, -0.05) is 22.0 Å². The Kier molecular flexibility index (Phi) is 3.71. The van der Waals surface area contributed by atoms with Crippen LogP contribution in [0.5, 0.6) is 5.75 Å². The zero-order valence-corrected chi connectivity index (χ0v) is 9.04. The van der Waals surface area contributed by atoms with E-state index < -0.39 is 0 Å². The van der Waals surface area contributed by atoms with Crippen LogP contribution >= 0.6 is 15.9 Å². The van der Waals surface area contributed by atoms with Crippen LogP contribution in [-0.4, -0.2) is 13.7 Å². The quantitative estimate of drug-likeness (QED) is 0.846. The van der Waals surface area contributed by atoms with Crippen molar-refractivity contribution in [3.8, 4) is 5.75 Å². The van der Waals surface area contributed by atoms with Gasteiger partial charge in [0.1, 0.15) is 5.75 Å². The first kappa shape index (κ1) is 10.5. The SMILES string of the molecule is COc1cccc(Br)c1[C@H](N)CN. The van der Waals surface area contributed by atoms with E-state index >= 15 is 0 Å². The number of halogens is 1. The standard InChI is InChI=1S/C9H13BrN2O/c1-13-8-4-2-3-6(10)9(8)7(12)5-11/h2-4,7H,5,11-12H2,1H3/t7-/m1/s1. The summed E-state index contributed by atoms with van der Waals surface area (Å²) in [5.41, 5.74) is 12.3. The van der Waals surface area contributed by atoms with Gasteiger partial charge in [0, 0.05) is 22.6 Å². The van der Waals surface area contributed by atoms with E-state index in [1.54, 1.807) is 7.11 Å². The fourth-order valence-corrected chi connectivity index (χ4v) is 1.81. The number of ether oxygens (including phenoxy) is 1. The number of benzene rings is 1. The fourth-order valence-electron chi connectivity index (χ4n) is 1.17. The minimum absolute atomic E-state index is 0.189. The molecule has 0 aromatic heterocycles. The molecule has 13 heavy (non-hydrogen) atoms. The molecule has 0 spiro atoms. The second-order valence-electron chi connectivity index (χ2n) is 2.70. The Morgan fingerprint density at radius 2 is 2.23 bits per heavy atom. The summed E-state index contributed by atoms with van der Waals surface area (Å²) in [4.78, 5) is 0. The van der Waals surface area contributed by atoms with E-state index in [0.717, 1.165) is 15.8 Å². The summed E-state index contributed by atoms with van der Waals surface area (Å²) in [6, 6.07) is 5.50. The maximum Gasteiger partial charge on any atom is 0.124 e. The average molecular weight is 245 g/mol. The van der Waals surface area contributed by atoms with Crippen molar-refractivity contribution in [1.29, 1.82) is 0 Å². The number of hydrogen-bond donors (Lipinski definition) is 2. The minimum Gasteiger partial charge on any atom is -0.496 e. The highest BCUT2D eigenvalue weighted by atomic mass is 79.9. The summed E-state index contributed by atoms with van der Waals surface area (Å²) in [5, 5.41) is 0. The molecule has 1 rings (SSSR count). The summed E-state index contributed by atoms with van der Waals surface area (Å²) in [6.45, 7) is 0.402. The third-order valence-electron chi connectivity index (χ3n) is 1.86. The molecule has 1 aromatic carbocycles. The van der Waals surface area contributed by atoms with Gasteiger partial charge < -0.3 is 16.2 Å². The molecule has 0 amide bonds. The second kappa shape index (κ2) is 4.60. The maximum atomic E-state index is 5.84. The van der Waals surface area contributed by atoms with Gasteiger partial charge in [0.15, 0.2) is 0 Å². The van der Waals surface area contributed by atoms with Crippen molar-refractivity contribution in [3.05, 3.63) is 28.2 Å². The molecule has 0 bridgehead atoms. The van der Waals surface area contributed by atoms with Crippen LogP contribution in [0.15, 0.2) is 22.7 Å². The van der Waals surface area contributed by atoms with E-state index in [0.29, 0.717) is 6.54 Å². The van der Waals surface area contributed by atoms with Crippen molar-refractivity contribution in [2.24, 2.45) is 11.5 Å². The Morgan fingerprint density at radius 1 is 1.54 bits per heavy atom. The van der Waals surface area contributed by atoms with Crippen LogP contribution in [0, 0.1) is 0 Å². The molecule has 0 saturated carbocycles. The van der Waals surface area contributed by atoms with Gasteiger partial charge in [0.25, 0.3) is 0 Å². The lowest BCUT2D eigenvalue weighted by Crippen LogP contribution is -2.21. The van der Waals surface area contributed by atoms with Gasteiger partial charge in [-0.3, -0.25) is 0 Å². The molecule has 3 nitrogen and oxygen atoms in total. The Hall–Kier alpha value is -0.580. The fraction of sp³-hybridized carbons (Fsp3) is 0.333. The van der Waals surface area contributed by atoms with Crippen molar-refractivity contribution in [2.75, 3.05) is 13.7 Å². The topological polar surface area (TPSA) is 61.3 Å². The van der Waals surface area contributed by atoms with Crippen molar-refractivity contribution in [3.63, 3.8) is 0 Å². The van der Waals surface area contributed by atoms with Crippen LogP contribution < -0.4 is 16.2 Å². The maximum absolute atomic E-state index is 5.84. The summed E-state index contributed by atoms with van der Waals surface area (Å²) < 4.78 is 6.12. The largest absolute Gasteiger partial charge is 0.496 e. The molecule has 1 aromatic rings. The van der Waals surface area contributed by atoms with Crippen molar-refractivity contribution < 1.29 is 4.74 Å². The number of methoxy groups -OCH3 is 1. The van der Waals surface area contributed by atoms with Crippen molar-refractivity contribution in [2.45, 2.75) is 6.04 Å². The number of rotatable bonds is 3. The molecular formula is C9H13BrN2O. The van der Waals surface area contributed by atoms with E-state index in [-0.39, 0.29) is 6.04 Å². The van der Waals surface area contributed by atoms with E-state index in [1.807, 2.05) is 18.2 Å². The van der Waals surface area contributed by atoms with Gasteiger partial charge in [-0.25, -0.2) is 0 Å². The Bertz CT molecular complexity index is 291. The number of nitrogens with two attached hydrogens (primary N) is 2. The van der Waals surface area contributed by atoms with Gasteiger partial charge in [-0.15, -0.1) is 0 Å². The van der Waals surface area contributed by atoms with Crippen LogP contribution in [0.2, 0.25) is 0 Å². The molecule has 0 heterocycles. The van der Waals surface area contributed by atoms with Gasteiger partial charge in [-0.2, -0.15) is 0 Å². The molecule has 0 aliphatic heterocycles. The molecule has 4 heteroatoms. The zero-order chi connectivity index (χ0) is 9.84. The molecule has 0 unspecified atom stereocenters. The van der Waals surface area contributed by atoms with E-state index in [9.17, 15) is 0 Å². The van der Waals surface area contributed by atoms with Crippen molar-refractivity contribution >= 4 is 15.9 Å². The zero-order valence-electron chi connectivity index (χ0n) is 7.46. The normalized spacial score (nSPS) is 12.6. The van der Waals surface area contributed by atoms with Gasteiger partial charge in [0.05, 0.1) is 7.11 Å². The molecule has 72 valence electrons. The third kappa shape index (κ3) is 2.21. The predicted octanol–water partition coefficient (Wildman–Crippen LogP) is 1.42. The van der Waals surface area contributed by atoms with Crippen LogP contribution in [-0.2, 0) is 0 Å². The molecule has 4 N–H and O–H groups in total. The molecule has 0 radical (unpaired) electrons. The molecule has 0 fully saturated rings. The first-order valence-electron chi connectivity index (χ1n) is 3.98. The molecule has 0 aliphatic carbocycles. The highest BCUT2D eigenvalue weighted by Crippen LogP contribution is 2.30. The third-order valence-corrected chi connectivity index (χ3v) is 2.55. The van der Waals surface area contributed by atoms with Crippen LogP contribution in [0.1, 0.15) is 11.6 Å². The van der Waals surface area contributed by atoms with E-state index in [1.165, 1.54) is 0 Å². The summed E-state index contributed by atoms with van der Waals surface area (Å²) in [7, 11) is 1.62. The predicted molar refractivity (Wildman–Crippen MR) is 56.7 cm³/mol. The lowest BCUT2D eigenvalue weighted by Gasteiger charge is -2.15. The Balaban J connectivity index is 3.14. The Morgan fingerprint density at radius 3 is 2.77 bits per heavy atom. The highest BCUT2D eigenvalue weighted by molar-refractivity contribution is 9.10. The number of hydrogen-bond acceptors (Lipinski definition) is 3. The molecule has 0 saturated heterocycles. The summed E-state index contributed by atoms with van der Waals surface area (Å²) in [6.07, 6.45) is 0. The van der Waals surface area contributed by atoms with Gasteiger partial charge >= 0.3 is 0 Å². The van der Waals surface area contributed by atoms with Crippen LogP contribution in [0.3, 0.4) is 0 Å².